The van der Waals surface area contributed by atoms with Crippen LogP contribution in [-0.4, -0.2) is 34.2 Å². The molecule has 1 aliphatic heterocycles. The number of rotatable bonds is 8. The first-order valence-electron chi connectivity index (χ1n) is 13.6. The molecule has 0 saturated carbocycles. The van der Waals surface area contributed by atoms with E-state index in [2.05, 4.69) is 9.97 Å². The van der Waals surface area contributed by atoms with Crippen molar-refractivity contribution in [3.63, 3.8) is 0 Å². The molecule has 0 radical (unpaired) electrons. The Morgan fingerprint density at radius 3 is 2.68 bits per heavy atom. The molecule has 12 heteroatoms. The molecule has 0 saturated heterocycles. The molecule has 3 aromatic heterocycles. The predicted molar refractivity (Wildman–Crippen MR) is 166 cm³/mol. The fraction of sp³-hybridized carbons (Fsp3) is 0.156. The number of hydrogen-bond donors (Lipinski definition) is 1. The number of hydrogen-bond acceptors (Lipinski definition) is 10. The van der Waals surface area contributed by atoms with Gasteiger partial charge in [0.05, 0.1) is 35.6 Å². The lowest BCUT2D eigenvalue weighted by Gasteiger charge is -2.26. The first-order valence-corrected chi connectivity index (χ1v) is 15.3. The predicted octanol–water partition coefficient (Wildman–Crippen LogP) is 4.08. The van der Waals surface area contributed by atoms with Gasteiger partial charge in [0.15, 0.2) is 15.1 Å². The van der Waals surface area contributed by atoms with Gasteiger partial charge in [-0.25, -0.2) is 14.8 Å². The summed E-state index contributed by atoms with van der Waals surface area (Å²) in [6.07, 6.45) is 1.64. The van der Waals surface area contributed by atoms with Crippen LogP contribution in [-0.2, 0) is 9.53 Å². The second-order valence-electron chi connectivity index (χ2n) is 9.66. The van der Waals surface area contributed by atoms with Crippen LogP contribution < -0.4 is 25.2 Å². The molecule has 1 aliphatic rings. The van der Waals surface area contributed by atoms with Gasteiger partial charge < -0.3 is 18.9 Å². The van der Waals surface area contributed by atoms with Gasteiger partial charge in [0.2, 0.25) is 0 Å². The third-order valence-corrected chi connectivity index (χ3v) is 8.49. The Balaban J connectivity index is 1.51. The summed E-state index contributed by atoms with van der Waals surface area (Å²) in [6, 6.07) is 20.7. The van der Waals surface area contributed by atoms with Gasteiger partial charge in [0.25, 0.3) is 11.1 Å². The molecule has 5 aromatic rings. The van der Waals surface area contributed by atoms with Crippen LogP contribution in [0, 0.1) is 6.92 Å². The number of nitrogens with zero attached hydrogens (tertiary/aromatic N) is 3. The maximum atomic E-state index is 14.1. The fourth-order valence-electron chi connectivity index (χ4n) is 4.86. The van der Waals surface area contributed by atoms with E-state index in [1.807, 2.05) is 42.5 Å². The van der Waals surface area contributed by atoms with Crippen molar-refractivity contribution in [2.24, 2.45) is 4.99 Å². The van der Waals surface area contributed by atoms with Gasteiger partial charge in [-0.1, -0.05) is 53.8 Å². The summed E-state index contributed by atoms with van der Waals surface area (Å²) in [5.74, 6) is 0.447. The molecule has 1 atom stereocenters. The van der Waals surface area contributed by atoms with Crippen LogP contribution in [0.5, 0.6) is 5.75 Å². The van der Waals surface area contributed by atoms with Crippen LogP contribution in [0.15, 0.2) is 108 Å². The summed E-state index contributed by atoms with van der Waals surface area (Å²) in [6.45, 7) is 3.63. The molecule has 0 bridgehead atoms. The number of thiazole rings is 1. The summed E-state index contributed by atoms with van der Waals surface area (Å²) in [5.41, 5.74) is 2.06. The topological polar surface area (TPSA) is 129 Å². The Bertz CT molecular complexity index is 2140. The smallest absolute Gasteiger partial charge is 0.338 e. The monoisotopic (exact) mass is 626 g/mol. The molecule has 44 heavy (non-hydrogen) atoms. The minimum absolute atomic E-state index is 0.157. The van der Waals surface area contributed by atoms with E-state index in [9.17, 15) is 14.4 Å². The summed E-state index contributed by atoms with van der Waals surface area (Å²) >= 11 is 2.36. The highest BCUT2D eigenvalue weighted by Crippen LogP contribution is 2.36. The molecule has 0 spiro atoms. The number of esters is 1. The molecule has 6 rings (SSSR count). The second kappa shape index (κ2) is 12.3. The fourth-order valence-corrected chi connectivity index (χ4v) is 6.65. The van der Waals surface area contributed by atoms with E-state index in [4.69, 9.17) is 18.9 Å². The molecule has 222 valence electrons. The zero-order chi connectivity index (χ0) is 30.8. The highest BCUT2D eigenvalue weighted by atomic mass is 32.2. The molecule has 1 N–H and O–H groups in total. The van der Waals surface area contributed by atoms with Crippen molar-refractivity contribution in [1.82, 2.24) is 14.5 Å². The number of ether oxygens (including phenoxy) is 2. The third-order valence-electron chi connectivity index (χ3n) is 6.70. The summed E-state index contributed by atoms with van der Waals surface area (Å²) < 4.78 is 18.8. The standard InChI is InChI=1S/C32H26N4O6S2/c1-4-41-30(39)26-27(19-9-6-5-7-10-19)35-32-36(28(26)20-11-8-12-21(16-20)40-3)29(38)23(43-32)17-22-13-14-25(42-22)44-31-33-18(2)15-24(37)34-31/h5-17,28H,4H2,1-3H3,(H,33,34,37)/b23-17+/t28-/m0/s1. The van der Waals surface area contributed by atoms with Crippen molar-refractivity contribution in [3.05, 3.63) is 131 Å². The lowest BCUT2D eigenvalue weighted by Crippen LogP contribution is -2.40. The van der Waals surface area contributed by atoms with E-state index < -0.39 is 12.0 Å². The van der Waals surface area contributed by atoms with Crippen molar-refractivity contribution in [2.75, 3.05) is 13.7 Å². The Hall–Kier alpha value is -4.94. The zero-order valence-corrected chi connectivity index (χ0v) is 25.5. The van der Waals surface area contributed by atoms with Gasteiger partial charge in [-0.2, -0.15) is 0 Å². The van der Waals surface area contributed by atoms with E-state index in [-0.39, 0.29) is 23.3 Å². The van der Waals surface area contributed by atoms with Crippen molar-refractivity contribution < 1.29 is 18.7 Å². The van der Waals surface area contributed by atoms with Gasteiger partial charge in [-0.15, -0.1) is 0 Å². The second-order valence-corrected chi connectivity index (χ2v) is 11.7. The summed E-state index contributed by atoms with van der Waals surface area (Å²) in [5, 5.41) is 0.886. The normalized spacial score (nSPS) is 14.7. The maximum absolute atomic E-state index is 14.1. The Labute approximate surface area is 259 Å². The number of aromatic amines is 1. The number of aryl methyl sites for hydroxylation is 1. The van der Waals surface area contributed by atoms with Gasteiger partial charge in [-0.05, 0) is 55.4 Å². The van der Waals surface area contributed by atoms with Gasteiger partial charge in [-0.3, -0.25) is 14.2 Å². The quantitative estimate of drug-likeness (QED) is 0.202. The highest BCUT2D eigenvalue weighted by molar-refractivity contribution is 7.99. The van der Waals surface area contributed by atoms with Crippen molar-refractivity contribution in [3.8, 4) is 5.75 Å². The number of aromatic nitrogens is 3. The number of fused-ring (bicyclic) bond motifs is 1. The highest BCUT2D eigenvalue weighted by Gasteiger charge is 2.35. The molecule has 0 aliphatic carbocycles. The maximum Gasteiger partial charge on any atom is 0.338 e. The third kappa shape index (κ3) is 5.81. The average Bonchev–Trinajstić information content (AvgIpc) is 3.59. The van der Waals surface area contributed by atoms with Gasteiger partial charge >= 0.3 is 5.97 Å². The average molecular weight is 627 g/mol. The number of carbonyl (C=O) groups is 1. The van der Waals surface area contributed by atoms with E-state index in [1.165, 1.54) is 22.0 Å². The Morgan fingerprint density at radius 1 is 1.11 bits per heavy atom. The van der Waals surface area contributed by atoms with Crippen molar-refractivity contribution in [1.29, 1.82) is 0 Å². The number of benzene rings is 2. The van der Waals surface area contributed by atoms with Gasteiger partial charge in [0.1, 0.15) is 11.5 Å². The van der Waals surface area contributed by atoms with Crippen LogP contribution in [0.25, 0.3) is 11.8 Å². The van der Waals surface area contributed by atoms with Crippen LogP contribution in [0.3, 0.4) is 0 Å². The molecular formula is C32H26N4O6S2. The SMILES string of the molecule is CCOC(=O)C1=C(c2ccccc2)N=c2s/c(=C/c3ccc(Sc4nc(C)cc(=O)[nH]4)o3)c(=O)n2[C@H]1c1cccc(OC)c1. The zero-order valence-electron chi connectivity index (χ0n) is 23.9. The minimum atomic E-state index is -0.829. The van der Waals surface area contributed by atoms with Crippen molar-refractivity contribution >= 4 is 40.8 Å². The van der Waals surface area contributed by atoms with E-state index >= 15 is 0 Å². The number of carbonyl (C=O) groups excluding carboxylic acids is 1. The first kappa shape index (κ1) is 29.1. The Morgan fingerprint density at radius 2 is 1.93 bits per heavy atom. The first-order chi connectivity index (χ1) is 21.3. The molecule has 0 unspecified atom stereocenters. The molecule has 0 fully saturated rings. The van der Waals surface area contributed by atoms with Crippen LogP contribution in [0.1, 0.15) is 35.5 Å². The number of methoxy groups -OCH3 is 1. The molecule has 10 nitrogen and oxygen atoms in total. The van der Waals surface area contributed by atoms with Gasteiger partial charge in [0, 0.05) is 23.4 Å². The lowest BCUT2D eigenvalue weighted by molar-refractivity contribution is -0.138. The summed E-state index contributed by atoms with van der Waals surface area (Å²) in [7, 11) is 1.56. The molecule has 2 aromatic carbocycles. The summed E-state index contributed by atoms with van der Waals surface area (Å²) in [4.78, 5) is 51.8. The largest absolute Gasteiger partial charge is 0.497 e. The van der Waals surface area contributed by atoms with Crippen molar-refractivity contribution in [2.45, 2.75) is 30.1 Å². The van der Waals surface area contributed by atoms with E-state index in [0.29, 0.717) is 48.0 Å². The Kier molecular flexibility index (Phi) is 8.18. The van der Waals surface area contributed by atoms with Crippen LogP contribution in [0.4, 0.5) is 0 Å². The minimum Gasteiger partial charge on any atom is -0.497 e. The lowest BCUT2D eigenvalue weighted by atomic mass is 9.93. The van der Waals surface area contributed by atoms with Crippen LogP contribution in [0.2, 0.25) is 0 Å². The van der Waals surface area contributed by atoms with E-state index in [1.54, 1.807) is 51.3 Å². The number of furan rings is 1. The molecule has 4 heterocycles. The number of nitrogens with one attached hydrogen (secondary N) is 1. The van der Waals surface area contributed by atoms with Crippen LogP contribution >= 0.6 is 23.1 Å². The molecule has 0 amide bonds. The van der Waals surface area contributed by atoms with E-state index in [0.717, 1.165) is 17.3 Å². The molecular weight excluding hydrogens is 601 g/mol. The number of H-pyrrole nitrogens is 1.